The number of nitrogens with zero attached hydrogens (tertiary/aromatic N) is 2. The maximum atomic E-state index is 11.8. The summed E-state index contributed by atoms with van der Waals surface area (Å²) in [6, 6.07) is 0. The van der Waals surface area contributed by atoms with E-state index in [2.05, 4.69) is 4.37 Å². The Balaban J connectivity index is 2.79. The van der Waals surface area contributed by atoms with Crippen molar-refractivity contribution in [3.05, 3.63) is 5.56 Å². The zero-order valence-electron chi connectivity index (χ0n) is 10.9. The van der Waals surface area contributed by atoms with Gasteiger partial charge in [-0.25, -0.2) is 4.79 Å². The summed E-state index contributed by atoms with van der Waals surface area (Å²) in [6.07, 6.45) is 0.868. The van der Waals surface area contributed by atoms with Crippen molar-refractivity contribution in [3.63, 3.8) is 0 Å². The SMILES string of the molecule is CCOC(=O)c1c(N)nsc1N(C)CCCOC. The number of hydrogen-bond acceptors (Lipinski definition) is 7. The smallest absolute Gasteiger partial charge is 0.345 e. The minimum Gasteiger partial charge on any atom is -0.462 e. The lowest BCUT2D eigenvalue weighted by Crippen LogP contribution is -2.21. The van der Waals surface area contributed by atoms with Crippen LogP contribution in [-0.2, 0) is 9.47 Å². The van der Waals surface area contributed by atoms with E-state index < -0.39 is 5.97 Å². The summed E-state index contributed by atoms with van der Waals surface area (Å²) in [5.41, 5.74) is 6.08. The second-order valence-corrected chi connectivity index (χ2v) is 4.49. The fraction of sp³-hybridized carbons (Fsp3) is 0.636. The molecule has 0 aliphatic heterocycles. The van der Waals surface area contributed by atoms with Crippen LogP contribution in [-0.4, -0.2) is 44.3 Å². The molecule has 0 saturated carbocycles. The fourth-order valence-corrected chi connectivity index (χ4v) is 2.28. The van der Waals surface area contributed by atoms with Gasteiger partial charge in [-0.2, -0.15) is 4.37 Å². The van der Waals surface area contributed by atoms with Crippen molar-refractivity contribution in [3.8, 4) is 0 Å². The van der Waals surface area contributed by atoms with Gasteiger partial charge in [-0.05, 0) is 24.9 Å². The quantitative estimate of drug-likeness (QED) is 0.597. The molecule has 7 heteroatoms. The van der Waals surface area contributed by atoms with E-state index in [4.69, 9.17) is 15.2 Å². The summed E-state index contributed by atoms with van der Waals surface area (Å²) in [5.74, 6) is -0.190. The Morgan fingerprint density at radius 1 is 1.56 bits per heavy atom. The highest BCUT2D eigenvalue weighted by atomic mass is 32.1. The molecule has 1 heterocycles. The van der Waals surface area contributed by atoms with Gasteiger partial charge in [0.2, 0.25) is 0 Å². The Morgan fingerprint density at radius 2 is 2.28 bits per heavy atom. The molecule has 0 saturated heterocycles. The Morgan fingerprint density at radius 3 is 2.89 bits per heavy atom. The van der Waals surface area contributed by atoms with E-state index in [1.807, 2.05) is 11.9 Å². The summed E-state index contributed by atoms with van der Waals surface area (Å²) in [4.78, 5) is 13.7. The topological polar surface area (TPSA) is 77.7 Å². The number of ether oxygens (including phenoxy) is 2. The van der Waals surface area contributed by atoms with Gasteiger partial charge in [0.25, 0.3) is 0 Å². The Labute approximate surface area is 111 Å². The number of nitrogen functional groups attached to an aromatic ring is 1. The summed E-state index contributed by atoms with van der Waals surface area (Å²) < 4.78 is 14.0. The van der Waals surface area contributed by atoms with Gasteiger partial charge in [0.05, 0.1) is 6.61 Å². The molecular formula is C11H19N3O3S. The number of methoxy groups -OCH3 is 1. The highest BCUT2D eigenvalue weighted by Crippen LogP contribution is 2.30. The fourth-order valence-electron chi connectivity index (χ4n) is 1.50. The van der Waals surface area contributed by atoms with E-state index in [1.54, 1.807) is 14.0 Å². The molecule has 6 nitrogen and oxygen atoms in total. The van der Waals surface area contributed by atoms with E-state index in [0.29, 0.717) is 18.8 Å². The number of nitrogens with two attached hydrogens (primary N) is 1. The van der Waals surface area contributed by atoms with Crippen LogP contribution in [0.25, 0.3) is 0 Å². The second-order valence-electron chi connectivity index (χ2n) is 3.74. The van der Waals surface area contributed by atoms with Crippen molar-refractivity contribution in [1.29, 1.82) is 0 Å². The van der Waals surface area contributed by atoms with Crippen molar-refractivity contribution in [2.24, 2.45) is 0 Å². The molecule has 0 atom stereocenters. The summed E-state index contributed by atoms with van der Waals surface area (Å²) >= 11 is 1.21. The number of anilines is 2. The molecule has 0 bridgehead atoms. The van der Waals surface area contributed by atoms with Crippen LogP contribution >= 0.6 is 11.5 Å². The largest absolute Gasteiger partial charge is 0.462 e. The van der Waals surface area contributed by atoms with Gasteiger partial charge in [0.15, 0.2) is 5.82 Å². The van der Waals surface area contributed by atoms with Crippen molar-refractivity contribution < 1.29 is 14.3 Å². The monoisotopic (exact) mass is 273 g/mol. The minimum atomic E-state index is -0.419. The lowest BCUT2D eigenvalue weighted by atomic mass is 10.3. The van der Waals surface area contributed by atoms with Crippen LogP contribution in [0.4, 0.5) is 10.8 Å². The Hall–Kier alpha value is -1.34. The average Bonchev–Trinajstić information content (AvgIpc) is 2.71. The van der Waals surface area contributed by atoms with Gasteiger partial charge in [-0.1, -0.05) is 0 Å². The lowest BCUT2D eigenvalue weighted by molar-refractivity contribution is 0.0528. The molecule has 0 aliphatic carbocycles. The maximum absolute atomic E-state index is 11.8. The summed E-state index contributed by atoms with van der Waals surface area (Å²) in [6.45, 7) is 3.52. The third kappa shape index (κ3) is 3.58. The highest BCUT2D eigenvalue weighted by Gasteiger charge is 2.22. The molecule has 1 aromatic rings. The molecule has 0 aromatic carbocycles. The zero-order chi connectivity index (χ0) is 13.5. The first-order valence-corrected chi connectivity index (χ1v) is 6.51. The first-order valence-electron chi connectivity index (χ1n) is 5.74. The average molecular weight is 273 g/mol. The van der Waals surface area contributed by atoms with Crippen molar-refractivity contribution in [2.75, 3.05) is 44.5 Å². The molecule has 2 N–H and O–H groups in total. The first-order chi connectivity index (χ1) is 8.61. The molecule has 0 unspecified atom stereocenters. The molecule has 0 amide bonds. The number of carbonyl (C=O) groups excluding carboxylic acids is 1. The van der Waals surface area contributed by atoms with E-state index in [9.17, 15) is 4.79 Å². The van der Waals surface area contributed by atoms with Gasteiger partial charge in [0, 0.05) is 27.3 Å². The normalized spacial score (nSPS) is 10.4. The van der Waals surface area contributed by atoms with Crippen LogP contribution in [0.3, 0.4) is 0 Å². The number of aromatic nitrogens is 1. The Kier molecular flexibility index (Phi) is 5.87. The van der Waals surface area contributed by atoms with E-state index in [0.717, 1.165) is 18.0 Å². The first kappa shape index (κ1) is 14.7. The maximum Gasteiger partial charge on any atom is 0.345 e. The number of esters is 1. The molecule has 1 aromatic heterocycles. The predicted molar refractivity (Wildman–Crippen MR) is 72.2 cm³/mol. The third-order valence-electron chi connectivity index (χ3n) is 2.37. The van der Waals surface area contributed by atoms with Gasteiger partial charge >= 0.3 is 5.97 Å². The van der Waals surface area contributed by atoms with Crippen LogP contribution in [0.2, 0.25) is 0 Å². The zero-order valence-corrected chi connectivity index (χ0v) is 11.7. The van der Waals surface area contributed by atoms with E-state index in [1.165, 1.54) is 11.5 Å². The van der Waals surface area contributed by atoms with Gasteiger partial charge in [-0.15, -0.1) is 0 Å². The second kappa shape index (κ2) is 7.17. The van der Waals surface area contributed by atoms with Gasteiger partial charge in [-0.3, -0.25) is 0 Å². The number of hydrogen-bond donors (Lipinski definition) is 1. The predicted octanol–water partition coefficient (Wildman–Crippen LogP) is 1.37. The van der Waals surface area contributed by atoms with Gasteiger partial charge in [0.1, 0.15) is 10.6 Å². The minimum absolute atomic E-state index is 0.229. The van der Waals surface area contributed by atoms with Gasteiger partial charge < -0.3 is 20.1 Å². The molecule has 0 spiro atoms. The van der Waals surface area contributed by atoms with Crippen LogP contribution in [0, 0.1) is 0 Å². The third-order valence-corrected chi connectivity index (χ3v) is 3.35. The van der Waals surface area contributed by atoms with Crippen molar-refractivity contribution in [2.45, 2.75) is 13.3 Å². The van der Waals surface area contributed by atoms with Crippen molar-refractivity contribution >= 4 is 28.3 Å². The van der Waals surface area contributed by atoms with E-state index >= 15 is 0 Å². The highest BCUT2D eigenvalue weighted by molar-refractivity contribution is 7.11. The van der Waals surface area contributed by atoms with Crippen LogP contribution in [0.5, 0.6) is 0 Å². The standard InChI is InChI=1S/C11H19N3O3S/c1-4-17-11(15)8-9(12)13-18-10(8)14(2)6-5-7-16-3/h4-7H2,1-3H3,(H2,12,13). The van der Waals surface area contributed by atoms with Crippen LogP contribution in [0.15, 0.2) is 0 Å². The van der Waals surface area contributed by atoms with Crippen LogP contribution < -0.4 is 10.6 Å². The molecule has 0 radical (unpaired) electrons. The number of carbonyl (C=O) groups is 1. The van der Waals surface area contributed by atoms with Crippen molar-refractivity contribution in [1.82, 2.24) is 4.37 Å². The molecule has 18 heavy (non-hydrogen) atoms. The molecular weight excluding hydrogens is 254 g/mol. The van der Waals surface area contributed by atoms with Crippen LogP contribution in [0.1, 0.15) is 23.7 Å². The Bertz CT molecular complexity index is 395. The number of rotatable bonds is 7. The summed E-state index contributed by atoms with van der Waals surface area (Å²) in [5, 5.41) is 0.738. The molecule has 0 fully saturated rings. The molecule has 1 rings (SSSR count). The molecule has 0 aliphatic rings. The summed E-state index contributed by atoms with van der Waals surface area (Å²) in [7, 11) is 3.56. The molecule has 102 valence electrons. The van der Waals surface area contributed by atoms with E-state index in [-0.39, 0.29) is 5.82 Å². The lowest BCUT2D eigenvalue weighted by Gasteiger charge is -2.17.